The van der Waals surface area contributed by atoms with Gasteiger partial charge in [-0.05, 0) is 56.5 Å². The van der Waals surface area contributed by atoms with Crippen LogP contribution in [0.25, 0.3) is 0 Å². The highest BCUT2D eigenvalue weighted by molar-refractivity contribution is 5.94. The van der Waals surface area contributed by atoms with Crippen molar-refractivity contribution in [3.8, 4) is 11.5 Å². The van der Waals surface area contributed by atoms with Crippen molar-refractivity contribution in [1.82, 2.24) is 15.0 Å². The predicted octanol–water partition coefficient (Wildman–Crippen LogP) is 5.05. The number of benzene rings is 2. The van der Waals surface area contributed by atoms with Crippen LogP contribution in [0.2, 0.25) is 0 Å². The van der Waals surface area contributed by atoms with Gasteiger partial charge in [-0.2, -0.15) is 15.0 Å². The fourth-order valence-corrected chi connectivity index (χ4v) is 3.77. The fraction of sp³-hybridized carbons (Fsp3) is 0.333. The zero-order chi connectivity index (χ0) is 21.8. The van der Waals surface area contributed by atoms with E-state index < -0.39 is 0 Å². The number of anilines is 2. The second kappa shape index (κ2) is 9.12. The van der Waals surface area contributed by atoms with Crippen LogP contribution in [0.15, 0.2) is 54.6 Å². The molecule has 7 heteroatoms. The molecule has 1 N–H and O–H groups in total. The van der Waals surface area contributed by atoms with Crippen LogP contribution < -0.4 is 15.0 Å². The quantitative estimate of drug-likeness (QED) is 0.579. The van der Waals surface area contributed by atoms with E-state index in [1.165, 1.54) is 0 Å². The first-order chi connectivity index (χ1) is 15.0. The van der Waals surface area contributed by atoms with Crippen LogP contribution >= 0.6 is 0 Å². The van der Waals surface area contributed by atoms with Gasteiger partial charge >= 0.3 is 0 Å². The Morgan fingerprint density at radius 2 is 1.77 bits per heavy atom. The summed E-state index contributed by atoms with van der Waals surface area (Å²) in [4.78, 5) is 27.5. The van der Waals surface area contributed by atoms with Crippen LogP contribution in [0.4, 0.5) is 11.9 Å². The summed E-state index contributed by atoms with van der Waals surface area (Å²) in [6.07, 6.45) is 2.27. The summed E-state index contributed by atoms with van der Waals surface area (Å²) in [7, 11) is 0. The van der Waals surface area contributed by atoms with Gasteiger partial charge in [0.05, 0.1) is 6.04 Å². The van der Waals surface area contributed by atoms with E-state index in [-0.39, 0.29) is 18.0 Å². The lowest BCUT2D eigenvalue weighted by Gasteiger charge is -2.22. The van der Waals surface area contributed by atoms with E-state index >= 15 is 0 Å². The predicted molar refractivity (Wildman–Crippen MR) is 120 cm³/mol. The Bertz CT molecular complexity index is 1040. The molecule has 2 atom stereocenters. The van der Waals surface area contributed by atoms with Crippen molar-refractivity contribution in [2.75, 3.05) is 10.2 Å². The number of nitrogens with zero attached hydrogens (tertiary/aromatic N) is 4. The average Bonchev–Trinajstić information content (AvgIpc) is 3.15. The van der Waals surface area contributed by atoms with Crippen molar-refractivity contribution in [2.45, 2.75) is 52.1 Å². The molecule has 2 aromatic carbocycles. The number of aryl methyl sites for hydroxylation is 1. The number of nitrogens with one attached hydrogen (secondary N) is 1. The molecule has 1 aliphatic rings. The van der Waals surface area contributed by atoms with Gasteiger partial charge < -0.3 is 10.1 Å². The van der Waals surface area contributed by atoms with Crippen molar-refractivity contribution in [3.63, 3.8) is 0 Å². The minimum Gasteiger partial charge on any atom is -0.457 e. The first-order valence-electron chi connectivity index (χ1n) is 10.7. The van der Waals surface area contributed by atoms with Gasteiger partial charge in [-0.25, -0.2) is 0 Å². The van der Waals surface area contributed by atoms with Gasteiger partial charge in [0.2, 0.25) is 17.8 Å². The van der Waals surface area contributed by atoms with Crippen molar-refractivity contribution in [1.29, 1.82) is 0 Å². The topological polar surface area (TPSA) is 80.2 Å². The molecule has 31 heavy (non-hydrogen) atoms. The highest BCUT2D eigenvalue weighted by atomic mass is 16.5. The maximum absolute atomic E-state index is 12.4. The molecule has 0 saturated carbocycles. The molecule has 1 aromatic heterocycles. The molecule has 0 unspecified atom stereocenters. The molecule has 0 aliphatic carbocycles. The van der Waals surface area contributed by atoms with Gasteiger partial charge in [0.15, 0.2) is 0 Å². The molecule has 7 nitrogen and oxygen atoms in total. The lowest BCUT2D eigenvalue weighted by molar-refractivity contribution is -0.117. The third-order valence-corrected chi connectivity index (χ3v) is 5.45. The highest BCUT2D eigenvalue weighted by Gasteiger charge is 2.33. The second-order valence-corrected chi connectivity index (χ2v) is 7.72. The minimum atomic E-state index is -0.0309. The average molecular weight is 418 g/mol. The van der Waals surface area contributed by atoms with E-state index in [2.05, 4.69) is 27.2 Å². The summed E-state index contributed by atoms with van der Waals surface area (Å²) in [5.74, 6) is 3.14. The van der Waals surface area contributed by atoms with Crippen molar-refractivity contribution in [2.24, 2.45) is 0 Å². The molecule has 0 spiro atoms. The van der Waals surface area contributed by atoms with E-state index in [1.807, 2.05) is 68.4 Å². The smallest absolute Gasteiger partial charge is 0.237 e. The van der Waals surface area contributed by atoms with E-state index in [0.29, 0.717) is 24.1 Å². The molecule has 160 valence electrons. The molecular weight excluding hydrogens is 390 g/mol. The third-order valence-electron chi connectivity index (χ3n) is 5.45. The minimum absolute atomic E-state index is 0.0309. The first-order valence-corrected chi connectivity index (χ1v) is 10.7. The van der Waals surface area contributed by atoms with Gasteiger partial charge in [-0.1, -0.05) is 37.3 Å². The van der Waals surface area contributed by atoms with Crippen LogP contribution in [0.3, 0.4) is 0 Å². The van der Waals surface area contributed by atoms with Crippen LogP contribution in [-0.4, -0.2) is 26.9 Å². The molecule has 1 aliphatic heterocycles. The van der Waals surface area contributed by atoms with Crippen molar-refractivity contribution in [3.05, 3.63) is 66.0 Å². The largest absolute Gasteiger partial charge is 0.457 e. The standard InChI is InChI=1S/C24H27N5O2/c1-4-19-12-15-22(30)29(19)24-27-17(3)26-23(28-24)25-16(2)18-10-13-21(14-11-18)31-20-8-6-5-7-9-20/h5-11,13-14,16,19H,4,12,15H2,1-3H3,(H,25,26,27,28)/t16-,19-/m0/s1. The number of hydrogen-bond donors (Lipinski definition) is 1. The molecule has 1 amide bonds. The molecule has 3 aromatic rings. The van der Waals surface area contributed by atoms with E-state index in [0.717, 1.165) is 29.9 Å². The zero-order valence-electron chi connectivity index (χ0n) is 18.1. The summed E-state index contributed by atoms with van der Waals surface area (Å²) in [5.41, 5.74) is 1.07. The van der Waals surface area contributed by atoms with E-state index in [9.17, 15) is 4.79 Å². The molecule has 0 bridgehead atoms. The Hall–Kier alpha value is -3.48. The fourth-order valence-electron chi connectivity index (χ4n) is 3.77. The van der Waals surface area contributed by atoms with Gasteiger partial charge in [-0.15, -0.1) is 0 Å². The zero-order valence-corrected chi connectivity index (χ0v) is 18.1. The lowest BCUT2D eigenvalue weighted by Crippen LogP contribution is -2.34. The number of amides is 1. The Morgan fingerprint density at radius 1 is 1.06 bits per heavy atom. The van der Waals surface area contributed by atoms with Gasteiger partial charge in [0.25, 0.3) is 0 Å². The summed E-state index contributed by atoms with van der Waals surface area (Å²) in [6.45, 7) is 5.94. The Balaban J connectivity index is 1.47. The number of hydrogen-bond acceptors (Lipinski definition) is 6. The number of para-hydroxylation sites is 1. The molecule has 1 fully saturated rings. The number of ether oxygens (including phenoxy) is 1. The van der Waals surface area contributed by atoms with Crippen LogP contribution in [0, 0.1) is 6.92 Å². The van der Waals surface area contributed by atoms with Gasteiger partial charge in [0, 0.05) is 12.5 Å². The number of aromatic nitrogens is 3. The normalized spacial score (nSPS) is 16.9. The van der Waals surface area contributed by atoms with Gasteiger partial charge in [0.1, 0.15) is 17.3 Å². The summed E-state index contributed by atoms with van der Waals surface area (Å²) < 4.78 is 5.86. The van der Waals surface area contributed by atoms with Crippen LogP contribution in [-0.2, 0) is 4.79 Å². The summed E-state index contributed by atoms with van der Waals surface area (Å²) in [5, 5.41) is 3.34. The van der Waals surface area contributed by atoms with E-state index in [1.54, 1.807) is 4.90 Å². The maximum atomic E-state index is 12.4. The monoisotopic (exact) mass is 417 g/mol. The Labute approximate surface area is 182 Å². The van der Waals surface area contributed by atoms with Crippen LogP contribution in [0.1, 0.15) is 50.5 Å². The lowest BCUT2D eigenvalue weighted by atomic mass is 10.1. The molecule has 1 saturated heterocycles. The SMILES string of the molecule is CC[C@H]1CCC(=O)N1c1nc(C)nc(N[C@@H](C)c2ccc(Oc3ccccc3)cc2)n1. The number of carbonyl (C=O) groups excluding carboxylic acids is 1. The molecule has 4 rings (SSSR count). The molecular formula is C24H27N5O2. The third kappa shape index (κ3) is 4.82. The Kier molecular flexibility index (Phi) is 6.11. The van der Waals surface area contributed by atoms with Gasteiger partial charge in [-0.3, -0.25) is 9.69 Å². The maximum Gasteiger partial charge on any atom is 0.237 e. The number of carbonyl (C=O) groups is 1. The summed E-state index contributed by atoms with van der Waals surface area (Å²) in [6, 6.07) is 17.7. The van der Waals surface area contributed by atoms with Crippen molar-refractivity contribution < 1.29 is 9.53 Å². The Morgan fingerprint density at radius 3 is 2.48 bits per heavy atom. The molecule has 0 radical (unpaired) electrons. The van der Waals surface area contributed by atoms with E-state index in [4.69, 9.17) is 4.74 Å². The highest BCUT2D eigenvalue weighted by Crippen LogP contribution is 2.28. The van der Waals surface area contributed by atoms with Crippen molar-refractivity contribution >= 4 is 17.8 Å². The first kappa shape index (κ1) is 20.8. The summed E-state index contributed by atoms with van der Waals surface area (Å²) >= 11 is 0. The number of rotatable bonds is 7. The molecule has 2 heterocycles. The van der Waals surface area contributed by atoms with Crippen LogP contribution in [0.5, 0.6) is 11.5 Å². The second-order valence-electron chi connectivity index (χ2n) is 7.72.